The van der Waals surface area contributed by atoms with Gasteiger partial charge in [0.1, 0.15) is 29.7 Å². The second-order valence-electron chi connectivity index (χ2n) is 4.54. The maximum absolute atomic E-state index is 11.0. The average Bonchev–Trinajstić information content (AvgIpc) is 2.75. The van der Waals surface area contributed by atoms with E-state index in [0.29, 0.717) is 5.75 Å². The fourth-order valence-corrected chi connectivity index (χ4v) is 2.08. The lowest BCUT2D eigenvalue weighted by Crippen LogP contribution is -2.36. The number of benzene rings is 1. The van der Waals surface area contributed by atoms with E-state index in [4.69, 9.17) is 14.6 Å². The van der Waals surface area contributed by atoms with Crippen LogP contribution in [-0.4, -0.2) is 58.5 Å². The van der Waals surface area contributed by atoms with Crippen molar-refractivity contribution >= 4 is 11.4 Å². The summed E-state index contributed by atoms with van der Waals surface area (Å²) in [6.45, 7) is -0.471. The molecule has 1 fully saturated rings. The average molecular weight is 300 g/mol. The number of nitrogens with one attached hydrogen (secondary N) is 1. The highest BCUT2D eigenvalue weighted by atomic mass is 16.6. The van der Waals surface area contributed by atoms with Gasteiger partial charge in [0.2, 0.25) is 0 Å². The number of ether oxygens (including phenoxy) is 2. The summed E-state index contributed by atoms with van der Waals surface area (Å²) in [5.74, 6) is 0.313. The first-order valence-corrected chi connectivity index (χ1v) is 6.19. The lowest BCUT2D eigenvalue weighted by Gasteiger charge is -2.17. The Labute approximate surface area is 119 Å². The van der Waals surface area contributed by atoms with E-state index in [1.54, 1.807) is 0 Å². The molecule has 0 radical (unpaired) electrons. The number of rotatable bonds is 5. The third kappa shape index (κ3) is 3.05. The summed E-state index contributed by atoms with van der Waals surface area (Å²) in [5, 5.41) is 42.1. The molecular weight excluding hydrogens is 284 g/mol. The molecule has 9 heteroatoms. The molecule has 0 aromatic heterocycles. The summed E-state index contributed by atoms with van der Waals surface area (Å²) in [6, 6.07) is 4.14. The number of aliphatic hydroxyl groups is 3. The molecule has 0 amide bonds. The molecule has 4 atom stereocenters. The van der Waals surface area contributed by atoms with Crippen LogP contribution < -0.4 is 10.1 Å². The van der Waals surface area contributed by atoms with Crippen molar-refractivity contribution in [1.82, 2.24) is 0 Å². The molecule has 0 unspecified atom stereocenters. The maximum Gasteiger partial charge on any atom is 0.296 e. The minimum atomic E-state index is -1.32. The number of anilines is 1. The predicted molar refractivity (Wildman–Crippen MR) is 71.0 cm³/mol. The van der Waals surface area contributed by atoms with Gasteiger partial charge in [-0.3, -0.25) is 10.1 Å². The lowest BCUT2D eigenvalue weighted by atomic mass is 10.1. The molecule has 1 saturated heterocycles. The van der Waals surface area contributed by atoms with Gasteiger partial charge in [-0.2, -0.15) is 0 Å². The first kappa shape index (κ1) is 15.4. The highest BCUT2D eigenvalue weighted by molar-refractivity contribution is 5.64. The molecule has 21 heavy (non-hydrogen) atoms. The molecule has 4 N–H and O–H groups in total. The molecule has 9 nitrogen and oxygen atoms in total. The Kier molecular flexibility index (Phi) is 4.58. The van der Waals surface area contributed by atoms with Crippen LogP contribution in [0.1, 0.15) is 0 Å². The number of hydrogen-bond acceptors (Lipinski definition) is 8. The zero-order valence-corrected chi connectivity index (χ0v) is 11.2. The Balaban J connectivity index is 2.22. The summed E-state index contributed by atoms with van der Waals surface area (Å²) in [5.41, 5.74) is -0.150. The second-order valence-corrected chi connectivity index (χ2v) is 4.54. The number of aliphatic hydroxyl groups excluding tert-OH is 3. The van der Waals surface area contributed by atoms with E-state index in [2.05, 4.69) is 5.32 Å². The molecule has 0 aliphatic carbocycles. The number of methoxy groups -OCH3 is 1. The number of nitro groups is 1. The van der Waals surface area contributed by atoms with Crippen LogP contribution >= 0.6 is 0 Å². The third-order valence-corrected chi connectivity index (χ3v) is 3.24. The van der Waals surface area contributed by atoms with Gasteiger partial charge in [0.05, 0.1) is 24.7 Å². The molecule has 1 aromatic rings. The van der Waals surface area contributed by atoms with Crippen LogP contribution in [0.4, 0.5) is 11.4 Å². The van der Waals surface area contributed by atoms with Crippen molar-refractivity contribution in [3.05, 3.63) is 28.3 Å². The van der Waals surface area contributed by atoms with E-state index in [-0.39, 0.29) is 11.4 Å². The van der Waals surface area contributed by atoms with Crippen LogP contribution in [0.5, 0.6) is 5.75 Å². The maximum atomic E-state index is 11.0. The molecule has 1 aliphatic heterocycles. The Bertz CT molecular complexity index is 524. The SMILES string of the molecule is COc1ccc(N[C@@H]2O[C@H](CO)[C@H](O)[C@@H]2O)c([N+](=O)[O-])c1. The van der Waals surface area contributed by atoms with Crippen LogP contribution in [0, 0.1) is 10.1 Å². The largest absolute Gasteiger partial charge is 0.496 e. The molecule has 2 rings (SSSR count). The van der Waals surface area contributed by atoms with E-state index in [9.17, 15) is 20.3 Å². The zero-order chi connectivity index (χ0) is 15.6. The van der Waals surface area contributed by atoms with E-state index in [1.165, 1.54) is 25.3 Å². The van der Waals surface area contributed by atoms with Crippen molar-refractivity contribution in [1.29, 1.82) is 0 Å². The first-order valence-electron chi connectivity index (χ1n) is 6.19. The van der Waals surface area contributed by atoms with Crippen LogP contribution in [0.2, 0.25) is 0 Å². The topological polar surface area (TPSA) is 134 Å². The van der Waals surface area contributed by atoms with Crippen molar-refractivity contribution in [2.75, 3.05) is 19.0 Å². The minimum absolute atomic E-state index is 0.107. The number of hydrogen-bond donors (Lipinski definition) is 4. The minimum Gasteiger partial charge on any atom is -0.496 e. The number of nitrogens with zero attached hydrogens (tertiary/aromatic N) is 1. The van der Waals surface area contributed by atoms with Crippen molar-refractivity contribution in [2.45, 2.75) is 24.5 Å². The molecule has 0 saturated carbocycles. The Hall–Kier alpha value is -1.94. The normalized spacial score (nSPS) is 28.4. The smallest absolute Gasteiger partial charge is 0.296 e. The quantitative estimate of drug-likeness (QED) is 0.420. The standard InChI is InChI=1S/C12H16N2O7/c1-20-6-2-3-7(8(4-6)14(18)19)13-12-11(17)10(16)9(5-15)21-12/h2-4,9-13,15-17H,5H2,1H3/t9-,10+,11+,12-/m1/s1. The summed E-state index contributed by atoms with van der Waals surface area (Å²) in [4.78, 5) is 10.4. The van der Waals surface area contributed by atoms with Crippen LogP contribution in [-0.2, 0) is 4.74 Å². The molecule has 1 heterocycles. The molecule has 116 valence electrons. The summed E-state index contributed by atoms with van der Waals surface area (Å²) < 4.78 is 10.1. The van der Waals surface area contributed by atoms with Crippen molar-refractivity contribution in [3.63, 3.8) is 0 Å². The summed E-state index contributed by atoms with van der Waals surface area (Å²) >= 11 is 0. The van der Waals surface area contributed by atoms with Crippen LogP contribution in [0.25, 0.3) is 0 Å². The van der Waals surface area contributed by atoms with E-state index >= 15 is 0 Å². The first-order chi connectivity index (χ1) is 9.97. The predicted octanol–water partition coefficient (Wildman–Crippen LogP) is -0.546. The van der Waals surface area contributed by atoms with Gasteiger partial charge in [0, 0.05) is 0 Å². The Morgan fingerprint density at radius 3 is 2.67 bits per heavy atom. The van der Waals surface area contributed by atoms with Gasteiger partial charge < -0.3 is 30.1 Å². The Morgan fingerprint density at radius 2 is 2.14 bits per heavy atom. The van der Waals surface area contributed by atoms with Gasteiger partial charge in [-0.25, -0.2) is 0 Å². The number of nitro benzene ring substituents is 1. The van der Waals surface area contributed by atoms with Crippen molar-refractivity contribution in [2.24, 2.45) is 0 Å². The molecule has 1 aliphatic rings. The molecule has 0 spiro atoms. The van der Waals surface area contributed by atoms with E-state index in [1.807, 2.05) is 0 Å². The highest BCUT2D eigenvalue weighted by Gasteiger charge is 2.42. The molecular formula is C12H16N2O7. The van der Waals surface area contributed by atoms with Crippen molar-refractivity contribution in [3.8, 4) is 5.75 Å². The molecule has 1 aromatic carbocycles. The van der Waals surface area contributed by atoms with Crippen molar-refractivity contribution < 1.29 is 29.7 Å². The fourth-order valence-electron chi connectivity index (χ4n) is 2.08. The Morgan fingerprint density at radius 1 is 1.43 bits per heavy atom. The van der Waals surface area contributed by atoms with Gasteiger partial charge >= 0.3 is 0 Å². The van der Waals surface area contributed by atoms with Gasteiger partial charge in [-0.1, -0.05) is 0 Å². The van der Waals surface area contributed by atoms with Gasteiger partial charge in [0.15, 0.2) is 6.23 Å². The molecule has 0 bridgehead atoms. The van der Waals surface area contributed by atoms with Crippen LogP contribution in [0.15, 0.2) is 18.2 Å². The van der Waals surface area contributed by atoms with Crippen LogP contribution in [0.3, 0.4) is 0 Å². The zero-order valence-electron chi connectivity index (χ0n) is 11.2. The monoisotopic (exact) mass is 300 g/mol. The van der Waals surface area contributed by atoms with Gasteiger partial charge in [-0.05, 0) is 12.1 Å². The van der Waals surface area contributed by atoms with Gasteiger partial charge in [0.25, 0.3) is 5.69 Å². The lowest BCUT2D eigenvalue weighted by molar-refractivity contribution is -0.384. The highest BCUT2D eigenvalue weighted by Crippen LogP contribution is 2.31. The summed E-state index contributed by atoms with van der Waals surface area (Å²) in [6.07, 6.45) is -4.60. The third-order valence-electron chi connectivity index (χ3n) is 3.24. The van der Waals surface area contributed by atoms with E-state index < -0.39 is 36.1 Å². The summed E-state index contributed by atoms with van der Waals surface area (Å²) in [7, 11) is 1.39. The second kappa shape index (κ2) is 6.22. The van der Waals surface area contributed by atoms with E-state index in [0.717, 1.165) is 0 Å². The fraction of sp³-hybridized carbons (Fsp3) is 0.500. The van der Waals surface area contributed by atoms with Gasteiger partial charge in [-0.15, -0.1) is 0 Å².